The first kappa shape index (κ1) is 13.4. The van der Waals surface area contributed by atoms with Gasteiger partial charge in [0.1, 0.15) is 0 Å². The van der Waals surface area contributed by atoms with Crippen molar-refractivity contribution >= 4 is 0 Å². The molecule has 1 aliphatic rings. The molecule has 0 amide bonds. The van der Waals surface area contributed by atoms with Gasteiger partial charge in [0.05, 0.1) is 5.69 Å². The molecule has 1 N–H and O–H groups in total. The minimum Gasteiger partial charge on any atom is -0.311 e. The summed E-state index contributed by atoms with van der Waals surface area (Å²) in [6, 6.07) is 0. The second kappa shape index (κ2) is 5.73. The number of nitrogens with zero attached hydrogens (tertiary/aromatic N) is 3. The van der Waals surface area contributed by atoms with E-state index in [-0.39, 0.29) is 18.8 Å². The van der Waals surface area contributed by atoms with E-state index in [1.165, 1.54) is 0 Å². The number of aromatic nitrogens is 3. The lowest BCUT2D eigenvalue weighted by molar-refractivity contribution is 0.00420. The average Bonchev–Trinajstić information content (AvgIpc) is 2.87. The number of nitrogens with one attached hydrogen (secondary N) is 1. The van der Waals surface area contributed by atoms with Crippen molar-refractivity contribution in [1.82, 2.24) is 20.3 Å². The molecule has 1 aliphatic carbocycles. The molecule has 1 aromatic rings. The quantitative estimate of drug-likeness (QED) is 0.796. The highest BCUT2D eigenvalue weighted by Gasteiger charge is 2.39. The van der Waals surface area contributed by atoms with Gasteiger partial charge in [-0.05, 0) is 25.3 Å². The molecule has 1 unspecified atom stereocenters. The van der Waals surface area contributed by atoms with Gasteiger partial charge < -0.3 is 5.32 Å². The Bertz CT molecular complexity index is 378. The summed E-state index contributed by atoms with van der Waals surface area (Å²) in [6.45, 7) is 4.29. The van der Waals surface area contributed by atoms with Gasteiger partial charge in [-0.15, -0.1) is 5.10 Å². The van der Waals surface area contributed by atoms with Gasteiger partial charge >= 0.3 is 0 Å². The van der Waals surface area contributed by atoms with Crippen molar-refractivity contribution in [1.29, 1.82) is 0 Å². The Morgan fingerprint density at radius 3 is 3.06 bits per heavy atom. The monoisotopic (exact) mass is 258 g/mol. The van der Waals surface area contributed by atoms with Crippen LogP contribution in [0.1, 0.15) is 38.3 Å². The maximum absolute atomic E-state index is 13.1. The van der Waals surface area contributed by atoms with Gasteiger partial charge in [-0.25, -0.2) is 8.78 Å². The topological polar surface area (TPSA) is 42.7 Å². The molecule has 1 heterocycles. The van der Waals surface area contributed by atoms with Crippen LogP contribution in [0.4, 0.5) is 8.78 Å². The Hall–Kier alpha value is -1.04. The first-order valence-electron chi connectivity index (χ1n) is 6.56. The molecule has 0 saturated heterocycles. The zero-order chi connectivity index (χ0) is 13.0. The molecule has 102 valence electrons. The minimum atomic E-state index is -2.48. The van der Waals surface area contributed by atoms with Crippen LogP contribution in [-0.4, -0.2) is 27.5 Å². The molecule has 0 radical (unpaired) electrons. The molecule has 1 fully saturated rings. The SMILES string of the molecule is CCCNCc1cn(CC2CCC(F)(F)C2)nn1. The van der Waals surface area contributed by atoms with Crippen LogP contribution in [0.25, 0.3) is 0 Å². The third-order valence-corrected chi connectivity index (χ3v) is 3.27. The van der Waals surface area contributed by atoms with Crippen LogP contribution in [0, 0.1) is 5.92 Å². The average molecular weight is 258 g/mol. The fraction of sp³-hybridized carbons (Fsp3) is 0.833. The maximum atomic E-state index is 13.1. The highest BCUT2D eigenvalue weighted by atomic mass is 19.3. The lowest BCUT2D eigenvalue weighted by Crippen LogP contribution is -2.14. The van der Waals surface area contributed by atoms with Crippen LogP contribution >= 0.6 is 0 Å². The molecule has 0 spiro atoms. The van der Waals surface area contributed by atoms with Crippen molar-refractivity contribution in [2.24, 2.45) is 5.92 Å². The molecule has 6 heteroatoms. The Morgan fingerprint density at radius 1 is 1.56 bits per heavy atom. The van der Waals surface area contributed by atoms with Crippen LogP contribution in [0.15, 0.2) is 6.20 Å². The van der Waals surface area contributed by atoms with Crippen LogP contribution < -0.4 is 5.32 Å². The summed E-state index contributed by atoms with van der Waals surface area (Å²) in [7, 11) is 0. The second-order valence-electron chi connectivity index (χ2n) is 5.07. The van der Waals surface area contributed by atoms with Gasteiger partial charge in [0.2, 0.25) is 5.92 Å². The Balaban J connectivity index is 1.80. The van der Waals surface area contributed by atoms with E-state index in [0.29, 0.717) is 19.5 Å². The molecule has 1 aromatic heterocycles. The Labute approximate surface area is 106 Å². The van der Waals surface area contributed by atoms with Crippen LogP contribution in [0.2, 0.25) is 0 Å². The van der Waals surface area contributed by atoms with E-state index in [0.717, 1.165) is 18.7 Å². The summed E-state index contributed by atoms with van der Waals surface area (Å²) < 4.78 is 27.8. The third kappa shape index (κ3) is 3.73. The van der Waals surface area contributed by atoms with E-state index in [4.69, 9.17) is 0 Å². The predicted octanol–water partition coefficient (Wildman–Crippen LogP) is 2.21. The summed E-state index contributed by atoms with van der Waals surface area (Å²) >= 11 is 0. The lowest BCUT2D eigenvalue weighted by Gasteiger charge is -2.09. The van der Waals surface area contributed by atoms with Crippen molar-refractivity contribution < 1.29 is 8.78 Å². The molecule has 1 saturated carbocycles. The van der Waals surface area contributed by atoms with E-state index in [9.17, 15) is 8.78 Å². The first-order valence-corrected chi connectivity index (χ1v) is 6.56. The Morgan fingerprint density at radius 2 is 2.39 bits per heavy atom. The van der Waals surface area contributed by atoms with E-state index in [1.807, 2.05) is 6.20 Å². The maximum Gasteiger partial charge on any atom is 0.248 e. The van der Waals surface area contributed by atoms with Gasteiger partial charge in [0.25, 0.3) is 0 Å². The summed E-state index contributed by atoms with van der Waals surface area (Å²) in [5.74, 6) is -2.45. The van der Waals surface area contributed by atoms with E-state index in [2.05, 4.69) is 22.6 Å². The fourth-order valence-electron chi connectivity index (χ4n) is 2.36. The molecule has 0 aliphatic heterocycles. The van der Waals surface area contributed by atoms with Gasteiger partial charge in [-0.2, -0.15) is 0 Å². The normalized spacial score (nSPS) is 22.5. The highest BCUT2D eigenvalue weighted by molar-refractivity contribution is 4.92. The van der Waals surface area contributed by atoms with Gasteiger partial charge in [0, 0.05) is 32.1 Å². The minimum absolute atomic E-state index is 0.0112. The van der Waals surface area contributed by atoms with Crippen LogP contribution in [-0.2, 0) is 13.1 Å². The van der Waals surface area contributed by atoms with Gasteiger partial charge in [0.15, 0.2) is 0 Å². The smallest absolute Gasteiger partial charge is 0.248 e. The van der Waals surface area contributed by atoms with Gasteiger partial charge in [-0.3, -0.25) is 4.68 Å². The fourth-order valence-corrected chi connectivity index (χ4v) is 2.36. The summed E-state index contributed by atoms with van der Waals surface area (Å²) in [5.41, 5.74) is 0.869. The highest BCUT2D eigenvalue weighted by Crippen LogP contribution is 2.39. The number of alkyl halides is 2. The number of hydrogen-bond acceptors (Lipinski definition) is 3. The summed E-state index contributed by atoms with van der Waals surface area (Å²) in [5, 5.41) is 11.3. The molecule has 0 bridgehead atoms. The van der Waals surface area contributed by atoms with E-state index in [1.54, 1.807) is 4.68 Å². The van der Waals surface area contributed by atoms with Crippen molar-refractivity contribution in [3.8, 4) is 0 Å². The summed E-state index contributed by atoms with van der Waals surface area (Å²) in [4.78, 5) is 0. The number of rotatable bonds is 6. The van der Waals surface area contributed by atoms with Crippen molar-refractivity contribution in [3.63, 3.8) is 0 Å². The van der Waals surface area contributed by atoms with Crippen LogP contribution in [0.3, 0.4) is 0 Å². The molecule has 18 heavy (non-hydrogen) atoms. The predicted molar refractivity (Wildman–Crippen MR) is 64.3 cm³/mol. The zero-order valence-corrected chi connectivity index (χ0v) is 10.7. The lowest BCUT2D eigenvalue weighted by atomic mass is 10.1. The Kier molecular flexibility index (Phi) is 4.27. The van der Waals surface area contributed by atoms with Crippen LogP contribution in [0.5, 0.6) is 0 Å². The molecule has 0 aromatic carbocycles. The van der Waals surface area contributed by atoms with Crippen molar-refractivity contribution in [2.75, 3.05) is 6.54 Å². The van der Waals surface area contributed by atoms with E-state index < -0.39 is 5.92 Å². The second-order valence-corrected chi connectivity index (χ2v) is 5.07. The van der Waals surface area contributed by atoms with E-state index >= 15 is 0 Å². The number of halogens is 2. The van der Waals surface area contributed by atoms with Gasteiger partial charge in [-0.1, -0.05) is 12.1 Å². The first-order chi connectivity index (χ1) is 8.59. The molecular formula is C12H20F2N4. The largest absolute Gasteiger partial charge is 0.311 e. The molecule has 1 atom stereocenters. The van der Waals surface area contributed by atoms with Crippen molar-refractivity contribution in [2.45, 2.75) is 51.6 Å². The third-order valence-electron chi connectivity index (χ3n) is 3.27. The number of hydrogen-bond donors (Lipinski definition) is 1. The standard InChI is InChI=1S/C12H20F2N4/c1-2-5-15-7-11-9-18(17-16-11)8-10-3-4-12(13,14)6-10/h9-10,15H,2-8H2,1H3. The molecular weight excluding hydrogens is 238 g/mol. The van der Waals surface area contributed by atoms with Crippen molar-refractivity contribution in [3.05, 3.63) is 11.9 Å². The molecule has 4 nitrogen and oxygen atoms in total. The summed E-state index contributed by atoms with van der Waals surface area (Å²) in [6.07, 6.45) is 3.49. The molecule has 2 rings (SSSR count). The zero-order valence-electron chi connectivity index (χ0n) is 10.7.